The highest BCUT2D eigenvalue weighted by Gasteiger charge is 2.15. The van der Waals surface area contributed by atoms with E-state index >= 15 is 0 Å². The van der Waals surface area contributed by atoms with E-state index in [-0.39, 0.29) is 5.91 Å². The van der Waals surface area contributed by atoms with Crippen LogP contribution in [0.3, 0.4) is 0 Å². The maximum absolute atomic E-state index is 12.2. The first-order chi connectivity index (χ1) is 9.15. The monoisotopic (exact) mass is 273 g/mol. The molecule has 3 rings (SSSR count). The molecule has 3 aromatic heterocycles. The van der Waals surface area contributed by atoms with Crippen molar-refractivity contribution in [2.75, 3.05) is 5.32 Å². The van der Waals surface area contributed by atoms with Crippen LogP contribution in [0.5, 0.6) is 0 Å². The molecule has 0 aliphatic heterocycles. The molecule has 3 heterocycles. The van der Waals surface area contributed by atoms with Crippen LogP contribution >= 0.6 is 11.3 Å². The number of aromatic nitrogens is 4. The Kier molecular flexibility index (Phi) is 2.75. The molecule has 0 fully saturated rings. The first kappa shape index (κ1) is 11.8. The maximum atomic E-state index is 12.2. The zero-order chi connectivity index (χ0) is 13.4. The van der Waals surface area contributed by atoms with Gasteiger partial charge in [0.25, 0.3) is 5.91 Å². The molecule has 96 valence electrons. The molecule has 0 aliphatic rings. The zero-order valence-corrected chi connectivity index (χ0v) is 11.2. The molecule has 0 spiro atoms. The predicted octanol–water partition coefficient (Wildman–Crippen LogP) is 2.05. The van der Waals surface area contributed by atoms with Gasteiger partial charge in [0.05, 0.1) is 11.9 Å². The number of nitrogens with zero attached hydrogens (tertiary/aromatic N) is 4. The highest BCUT2D eigenvalue weighted by molar-refractivity contribution is 7.15. The number of hydrogen-bond acceptors (Lipinski definition) is 5. The van der Waals surface area contributed by atoms with Gasteiger partial charge in [-0.15, -0.1) is 11.3 Å². The third kappa shape index (κ3) is 2.08. The summed E-state index contributed by atoms with van der Waals surface area (Å²) in [5.41, 5.74) is 1.90. The fraction of sp³-hybridized carbons (Fsp3) is 0.167. The van der Waals surface area contributed by atoms with E-state index < -0.39 is 0 Å². The number of carbonyl (C=O) groups is 1. The van der Waals surface area contributed by atoms with Gasteiger partial charge in [0, 0.05) is 17.3 Å². The van der Waals surface area contributed by atoms with E-state index in [4.69, 9.17) is 0 Å². The van der Waals surface area contributed by atoms with Crippen molar-refractivity contribution in [2.24, 2.45) is 0 Å². The molecule has 3 aromatic rings. The van der Waals surface area contributed by atoms with E-state index in [1.165, 1.54) is 17.5 Å². The summed E-state index contributed by atoms with van der Waals surface area (Å²) in [6.07, 6.45) is 4.88. The van der Waals surface area contributed by atoms with Crippen LogP contribution in [0.2, 0.25) is 0 Å². The molecule has 0 saturated heterocycles. The summed E-state index contributed by atoms with van der Waals surface area (Å²) in [5, 5.41) is 7.45. The van der Waals surface area contributed by atoms with Crippen molar-refractivity contribution < 1.29 is 4.79 Å². The molecule has 19 heavy (non-hydrogen) atoms. The summed E-state index contributed by atoms with van der Waals surface area (Å²) in [5.74, 6) is -0.248. The lowest BCUT2D eigenvalue weighted by atomic mass is 10.3. The predicted molar refractivity (Wildman–Crippen MR) is 72.5 cm³/mol. The molecule has 0 saturated carbocycles. The molecule has 6 nitrogen and oxygen atoms in total. The maximum Gasteiger partial charge on any atom is 0.262 e. The quantitative estimate of drug-likeness (QED) is 0.775. The van der Waals surface area contributed by atoms with Gasteiger partial charge in [-0.2, -0.15) is 5.10 Å². The molecular weight excluding hydrogens is 262 g/mol. The van der Waals surface area contributed by atoms with Gasteiger partial charge in [-0.3, -0.25) is 10.1 Å². The number of anilines is 1. The second kappa shape index (κ2) is 4.43. The first-order valence-corrected chi connectivity index (χ1v) is 6.50. The Labute approximate surface area is 113 Å². The number of carbonyl (C=O) groups excluding carboxylic acids is 1. The smallest absolute Gasteiger partial charge is 0.262 e. The molecule has 0 radical (unpaired) electrons. The lowest BCUT2D eigenvalue weighted by molar-refractivity contribution is 0.102. The summed E-state index contributed by atoms with van der Waals surface area (Å²) in [6, 6.07) is 1.76. The molecule has 1 N–H and O–H groups in total. The van der Waals surface area contributed by atoms with Crippen molar-refractivity contribution in [3.05, 3.63) is 40.8 Å². The van der Waals surface area contributed by atoms with E-state index in [2.05, 4.69) is 20.4 Å². The third-order valence-electron chi connectivity index (χ3n) is 2.77. The van der Waals surface area contributed by atoms with Crippen molar-refractivity contribution in [1.29, 1.82) is 0 Å². The van der Waals surface area contributed by atoms with Crippen LogP contribution in [0.4, 0.5) is 5.13 Å². The minimum absolute atomic E-state index is 0.248. The largest absolute Gasteiger partial charge is 0.298 e. The zero-order valence-electron chi connectivity index (χ0n) is 10.4. The van der Waals surface area contributed by atoms with Crippen LogP contribution in [-0.4, -0.2) is 25.5 Å². The van der Waals surface area contributed by atoms with Gasteiger partial charge in [-0.1, -0.05) is 0 Å². The molecule has 0 bridgehead atoms. The number of aryl methyl sites for hydroxylation is 2. The number of rotatable bonds is 2. The number of nitrogens with one attached hydrogen (secondary N) is 1. The van der Waals surface area contributed by atoms with Crippen molar-refractivity contribution in [2.45, 2.75) is 13.8 Å². The number of thiazole rings is 1. The van der Waals surface area contributed by atoms with Gasteiger partial charge in [0.1, 0.15) is 5.56 Å². The van der Waals surface area contributed by atoms with E-state index in [0.717, 1.165) is 10.6 Å². The Morgan fingerprint density at radius 2 is 2.26 bits per heavy atom. The Morgan fingerprint density at radius 3 is 3.00 bits per heavy atom. The van der Waals surface area contributed by atoms with E-state index in [0.29, 0.717) is 16.3 Å². The van der Waals surface area contributed by atoms with Crippen LogP contribution < -0.4 is 5.32 Å². The molecule has 0 unspecified atom stereocenters. The summed E-state index contributed by atoms with van der Waals surface area (Å²) in [7, 11) is 0. The Balaban J connectivity index is 1.92. The van der Waals surface area contributed by atoms with Crippen molar-refractivity contribution in [3.63, 3.8) is 0 Å². The average Bonchev–Trinajstić information content (AvgIpc) is 2.94. The molecule has 1 amide bonds. The summed E-state index contributed by atoms with van der Waals surface area (Å²) < 4.78 is 1.56. The van der Waals surface area contributed by atoms with Crippen LogP contribution in [0.15, 0.2) is 24.7 Å². The van der Waals surface area contributed by atoms with Gasteiger partial charge in [-0.25, -0.2) is 14.5 Å². The highest BCUT2D eigenvalue weighted by Crippen LogP contribution is 2.22. The molecule has 7 heteroatoms. The van der Waals surface area contributed by atoms with Gasteiger partial charge >= 0.3 is 0 Å². The highest BCUT2D eigenvalue weighted by atomic mass is 32.1. The van der Waals surface area contributed by atoms with Crippen molar-refractivity contribution >= 4 is 28.0 Å². The number of hydrogen-bond donors (Lipinski definition) is 1. The molecule has 0 aliphatic carbocycles. The number of amides is 1. The van der Waals surface area contributed by atoms with E-state index in [9.17, 15) is 4.79 Å². The van der Waals surface area contributed by atoms with Crippen molar-refractivity contribution in [3.8, 4) is 0 Å². The Morgan fingerprint density at radius 1 is 1.42 bits per heavy atom. The molecule has 0 atom stereocenters. The van der Waals surface area contributed by atoms with Crippen LogP contribution in [0, 0.1) is 13.8 Å². The van der Waals surface area contributed by atoms with Crippen LogP contribution in [0.1, 0.15) is 20.9 Å². The van der Waals surface area contributed by atoms with Gasteiger partial charge in [0.15, 0.2) is 10.8 Å². The standard InChI is InChI=1S/C12H11N5OS/c1-7-8(2)19-12(15-7)16-11(18)9-6-14-17-5-3-4-13-10(9)17/h3-6H,1-2H3,(H,15,16,18). The Bertz CT molecular complexity index is 741. The normalized spacial score (nSPS) is 10.8. The minimum atomic E-state index is -0.248. The van der Waals surface area contributed by atoms with Crippen LogP contribution in [0.25, 0.3) is 5.65 Å². The van der Waals surface area contributed by atoms with Crippen molar-refractivity contribution in [1.82, 2.24) is 19.6 Å². The van der Waals surface area contributed by atoms with Gasteiger partial charge in [0.2, 0.25) is 0 Å². The average molecular weight is 273 g/mol. The summed E-state index contributed by atoms with van der Waals surface area (Å²) >= 11 is 1.45. The second-order valence-corrected chi connectivity index (χ2v) is 5.26. The molecule has 0 aromatic carbocycles. The Hall–Kier alpha value is -2.28. The molecular formula is C12H11N5OS. The number of fused-ring (bicyclic) bond motifs is 1. The SMILES string of the molecule is Cc1nc(NC(=O)c2cnn3cccnc23)sc1C. The first-order valence-electron chi connectivity index (χ1n) is 5.69. The van der Waals surface area contributed by atoms with Gasteiger partial charge < -0.3 is 0 Å². The fourth-order valence-corrected chi connectivity index (χ4v) is 2.49. The summed E-state index contributed by atoms with van der Waals surface area (Å²) in [4.78, 5) is 21.7. The van der Waals surface area contributed by atoms with Crippen LogP contribution in [-0.2, 0) is 0 Å². The topological polar surface area (TPSA) is 72.2 Å². The van der Waals surface area contributed by atoms with Gasteiger partial charge in [-0.05, 0) is 19.9 Å². The van der Waals surface area contributed by atoms with E-state index in [1.54, 1.807) is 23.0 Å². The van der Waals surface area contributed by atoms with E-state index in [1.807, 2.05) is 13.8 Å². The minimum Gasteiger partial charge on any atom is -0.298 e. The fourth-order valence-electron chi connectivity index (χ4n) is 1.68. The lowest BCUT2D eigenvalue weighted by Crippen LogP contribution is -2.11. The second-order valence-electron chi connectivity index (χ2n) is 4.06. The summed E-state index contributed by atoms with van der Waals surface area (Å²) in [6.45, 7) is 3.89. The third-order valence-corrected chi connectivity index (χ3v) is 3.76. The lowest BCUT2D eigenvalue weighted by Gasteiger charge is -1.98.